The van der Waals surface area contributed by atoms with E-state index in [0.29, 0.717) is 6.42 Å². The predicted octanol–water partition coefficient (Wildman–Crippen LogP) is 3.03. The Kier molecular flexibility index (Phi) is 10.6. The molecule has 0 spiro atoms. The van der Waals surface area contributed by atoms with Crippen LogP contribution in [-0.4, -0.2) is 25.2 Å². The van der Waals surface area contributed by atoms with Gasteiger partial charge < -0.3 is 9.47 Å². The fourth-order valence-corrected chi connectivity index (χ4v) is 1.50. The summed E-state index contributed by atoms with van der Waals surface area (Å²) in [6.07, 6.45) is 8.88. The van der Waals surface area contributed by atoms with Crippen LogP contribution in [0.4, 0.5) is 0 Å². The number of hydrogen-bond acceptors (Lipinski definition) is 4. The molecule has 0 bridgehead atoms. The van der Waals surface area contributed by atoms with Gasteiger partial charge in [-0.25, -0.2) is 0 Å². The Balaban J connectivity index is 4.29. The van der Waals surface area contributed by atoms with Crippen LogP contribution in [0.2, 0.25) is 0 Å². The molecule has 0 radical (unpaired) electrons. The van der Waals surface area contributed by atoms with Crippen molar-refractivity contribution < 1.29 is 19.1 Å². The summed E-state index contributed by atoms with van der Waals surface area (Å²) in [6.45, 7) is 7.60. The van der Waals surface area contributed by atoms with Gasteiger partial charge in [0.25, 0.3) is 0 Å². The molecule has 0 atom stereocenters. The molecule has 0 saturated heterocycles. The molecule has 0 fully saturated rings. The molecule has 0 aromatic rings. The van der Waals surface area contributed by atoms with E-state index in [1.54, 1.807) is 13.8 Å². The third-order valence-electron chi connectivity index (χ3n) is 2.46. The van der Waals surface area contributed by atoms with E-state index in [4.69, 9.17) is 9.47 Å². The minimum Gasteiger partial charge on any atom is -0.465 e. The van der Waals surface area contributed by atoms with E-state index in [0.717, 1.165) is 19.3 Å². The molecule has 0 amide bonds. The highest BCUT2D eigenvalue weighted by Gasteiger charge is 2.27. The number of carbonyl (C=O) groups is 2. The number of ether oxygens (including phenoxy) is 2. The average Bonchev–Trinajstić information content (AvgIpc) is 2.38. The molecule has 0 aromatic heterocycles. The van der Waals surface area contributed by atoms with Gasteiger partial charge in [-0.05, 0) is 39.5 Å². The van der Waals surface area contributed by atoms with Gasteiger partial charge >= 0.3 is 11.9 Å². The van der Waals surface area contributed by atoms with Crippen molar-refractivity contribution in [1.82, 2.24) is 0 Å². The molecular weight excluding hydrogens is 244 g/mol. The molecule has 0 rings (SSSR count). The summed E-state index contributed by atoms with van der Waals surface area (Å²) < 4.78 is 9.76. The number of unbranched alkanes of at least 4 members (excludes halogenated alkanes) is 2. The standard InChI is InChI=1S/C15H24O4/c1-4-7-8-9-10-11-12-13(14(16)18-5-2)15(17)19-6-3/h4,10-11,13H,1,5-9,12H2,2-3H3. The number of carbonyl (C=O) groups excluding carboxylic acids is 2. The second-order valence-corrected chi connectivity index (χ2v) is 3.98. The molecule has 4 heteroatoms. The van der Waals surface area contributed by atoms with Crippen LogP contribution in [0.5, 0.6) is 0 Å². The van der Waals surface area contributed by atoms with Crippen LogP contribution in [0, 0.1) is 5.92 Å². The summed E-state index contributed by atoms with van der Waals surface area (Å²) in [5, 5.41) is 0. The van der Waals surface area contributed by atoms with Crippen LogP contribution in [0.15, 0.2) is 24.8 Å². The van der Waals surface area contributed by atoms with Gasteiger partial charge in [0, 0.05) is 0 Å². The van der Waals surface area contributed by atoms with Crippen LogP contribution >= 0.6 is 0 Å². The van der Waals surface area contributed by atoms with Crippen LogP contribution in [0.1, 0.15) is 39.5 Å². The predicted molar refractivity (Wildman–Crippen MR) is 74.6 cm³/mol. The third kappa shape index (κ3) is 8.19. The molecule has 0 aliphatic rings. The molecule has 108 valence electrons. The molecule has 0 saturated carbocycles. The zero-order valence-corrected chi connectivity index (χ0v) is 11.9. The normalized spacial score (nSPS) is 10.7. The average molecular weight is 268 g/mol. The van der Waals surface area contributed by atoms with Crippen molar-refractivity contribution in [2.24, 2.45) is 5.92 Å². The second-order valence-electron chi connectivity index (χ2n) is 3.98. The Morgan fingerprint density at radius 3 is 2.11 bits per heavy atom. The first-order chi connectivity index (χ1) is 9.17. The van der Waals surface area contributed by atoms with Crippen molar-refractivity contribution >= 4 is 11.9 Å². The highest BCUT2D eigenvalue weighted by atomic mass is 16.6. The molecule has 0 aliphatic heterocycles. The smallest absolute Gasteiger partial charge is 0.320 e. The fourth-order valence-electron chi connectivity index (χ4n) is 1.50. The molecule has 19 heavy (non-hydrogen) atoms. The first-order valence-electron chi connectivity index (χ1n) is 6.76. The lowest BCUT2D eigenvalue weighted by molar-refractivity contribution is -0.161. The lowest BCUT2D eigenvalue weighted by atomic mass is 10.1. The van der Waals surface area contributed by atoms with Crippen molar-refractivity contribution in [2.45, 2.75) is 39.5 Å². The fraction of sp³-hybridized carbons (Fsp3) is 0.600. The lowest BCUT2D eigenvalue weighted by Crippen LogP contribution is -2.27. The van der Waals surface area contributed by atoms with Gasteiger partial charge in [-0.2, -0.15) is 0 Å². The Morgan fingerprint density at radius 2 is 1.63 bits per heavy atom. The van der Waals surface area contributed by atoms with Crippen molar-refractivity contribution in [2.75, 3.05) is 13.2 Å². The summed E-state index contributed by atoms with van der Waals surface area (Å²) in [6, 6.07) is 0. The Labute approximate surface area is 115 Å². The van der Waals surface area contributed by atoms with Gasteiger partial charge in [0.1, 0.15) is 0 Å². The molecule has 0 N–H and O–H groups in total. The van der Waals surface area contributed by atoms with Crippen molar-refractivity contribution in [1.29, 1.82) is 0 Å². The zero-order valence-electron chi connectivity index (χ0n) is 11.9. The molecule has 0 heterocycles. The van der Waals surface area contributed by atoms with Crippen LogP contribution in [0.3, 0.4) is 0 Å². The van der Waals surface area contributed by atoms with Crippen molar-refractivity contribution in [3.63, 3.8) is 0 Å². The van der Waals surface area contributed by atoms with Gasteiger partial charge in [-0.3, -0.25) is 9.59 Å². The largest absolute Gasteiger partial charge is 0.465 e. The number of rotatable bonds is 10. The molecular formula is C15H24O4. The minimum atomic E-state index is -0.851. The van der Waals surface area contributed by atoms with Crippen molar-refractivity contribution in [3.8, 4) is 0 Å². The van der Waals surface area contributed by atoms with E-state index in [1.165, 1.54) is 0 Å². The summed E-state index contributed by atoms with van der Waals surface area (Å²) >= 11 is 0. The Bertz CT molecular complexity index is 289. The number of esters is 2. The third-order valence-corrected chi connectivity index (χ3v) is 2.46. The quantitative estimate of drug-likeness (QED) is 0.264. The Morgan fingerprint density at radius 1 is 1.05 bits per heavy atom. The van der Waals surface area contributed by atoms with Gasteiger partial charge in [0.15, 0.2) is 5.92 Å². The first kappa shape index (κ1) is 17.4. The summed E-state index contributed by atoms with van der Waals surface area (Å²) in [4.78, 5) is 23.3. The minimum absolute atomic E-state index is 0.262. The van der Waals surface area contributed by atoms with E-state index < -0.39 is 17.9 Å². The SMILES string of the molecule is C=CCCCC=CCC(C(=O)OCC)C(=O)OCC. The lowest BCUT2D eigenvalue weighted by Gasteiger charge is -2.12. The topological polar surface area (TPSA) is 52.6 Å². The second kappa shape index (κ2) is 11.5. The maximum Gasteiger partial charge on any atom is 0.320 e. The van der Waals surface area contributed by atoms with Gasteiger partial charge in [-0.1, -0.05) is 18.2 Å². The van der Waals surface area contributed by atoms with E-state index in [2.05, 4.69) is 6.58 Å². The van der Waals surface area contributed by atoms with Gasteiger partial charge in [-0.15, -0.1) is 6.58 Å². The maximum atomic E-state index is 11.7. The first-order valence-corrected chi connectivity index (χ1v) is 6.76. The number of hydrogen-bond donors (Lipinski definition) is 0. The highest BCUT2D eigenvalue weighted by molar-refractivity contribution is 5.95. The van der Waals surface area contributed by atoms with Crippen LogP contribution in [0.25, 0.3) is 0 Å². The number of allylic oxidation sites excluding steroid dienone is 3. The van der Waals surface area contributed by atoms with E-state index >= 15 is 0 Å². The molecule has 0 aliphatic carbocycles. The maximum absolute atomic E-state index is 11.7. The van der Waals surface area contributed by atoms with E-state index in [-0.39, 0.29) is 13.2 Å². The summed E-state index contributed by atoms with van der Waals surface area (Å²) in [5.74, 6) is -1.89. The van der Waals surface area contributed by atoms with Crippen molar-refractivity contribution in [3.05, 3.63) is 24.8 Å². The molecule has 0 unspecified atom stereocenters. The Hall–Kier alpha value is -1.58. The van der Waals surface area contributed by atoms with E-state index in [9.17, 15) is 9.59 Å². The monoisotopic (exact) mass is 268 g/mol. The zero-order chi connectivity index (χ0) is 14.5. The van der Waals surface area contributed by atoms with Gasteiger partial charge in [0.2, 0.25) is 0 Å². The van der Waals surface area contributed by atoms with Crippen LogP contribution < -0.4 is 0 Å². The molecule has 4 nitrogen and oxygen atoms in total. The van der Waals surface area contributed by atoms with Gasteiger partial charge in [0.05, 0.1) is 13.2 Å². The highest BCUT2D eigenvalue weighted by Crippen LogP contribution is 2.11. The molecule has 0 aromatic carbocycles. The van der Waals surface area contributed by atoms with Crippen LogP contribution in [-0.2, 0) is 19.1 Å². The van der Waals surface area contributed by atoms with E-state index in [1.807, 2.05) is 18.2 Å². The summed E-state index contributed by atoms with van der Waals surface area (Å²) in [7, 11) is 0. The summed E-state index contributed by atoms with van der Waals surface area (Å²) in [5.41, 5.74) is 0.